The first-order chi connectivity index (χ1) is 16.2. The smallest absolute Gasteiger partial charge is 0.253 e. The summed E-state index contributed by atoms with van der Waals surface area (Å²) in [6.45, 7) is 2.90. The molecule has 1 aromatic heterocycles. The zero-order valence-corrected chi connectivity index (χ0v) is 19.3. The summed E-state index contributed by atoms with van der Waals surface area (Å²) in [6, 6.07) is 14.2. The van der Waals surface area contributed by atoms with Gasteiger partial charge in [-0.15, -0.1) is 0 Å². The maximum absolute atomic E-state index is 12.7. The summed E-state index contributed by atoms with van der Waals surface area (Å²) in [4.78, 5) is 36.3. The average molecular weight is 485 g/mol. The molecule has 0 fully saturated rings. The molecular formula is C23H24N4O6S. The highest BCUT2D eigenvalue weighted by atomic mass is 32.2. The molecule has 0 radical (unpaired) electrons. The third-order valence-corrected chi connectivity index (χ3v) is 6.20. The Balaban J connectivity index is 1.65. The molecule has 0 saturated carbocycles. The number of anilines is 2. The summed E-state index contributed by atoms with van der Waals surface area (Å²) in [5.41, 5.74) is 0.889. The molecule has 0 aliphatic heterocycles. The maximum atomic E-state index is 12.7. The van der Waals surface area contributed by atoms with Crippen molar-refractivity contribution in [3.05, 3.63) is 78.3 Å². The van der Waals surface area contributed by atoms with E-state index in [9.17, 15) is 22.8 Å². The van der Waals surface area contributed by atoms with Crippen LogP contribution in [0.25, 0.3) is 0 Å². The van der Waals surface area contributed by atoms with Gasteiger partial charge in [0.05, 0.1) is 35.0 Å². The van der Waals surface area contributed by atoms with Crippen LogP contribution in [0.1, 0.15) is 30.0 Å². The lowest BCUT2D eigenvalue weighted by Crippen LogP contribution is -2.41. The van der Waals surface area contributed by atoms with E-state index in [1.54, 1.807) is 36.4 Å². The van der Waals surface area contributed by atoms with E-state index < -0.39 is 27.9 Å². The molecule has 3 amide bonds. The predicted octanol–water partition coefficient (Wildman–Crippen LogP) is 2.47. The van der Waals surface area contributed by atoms with Crippen LogP contribution in [0.15, 0.2) is 76.2 Å². The second kappa shape index (κ2) is 10.8. The van der Waals surface area contributed by atoms with Crippen LogP contribution in [0.5, 0.6) is 0 Å². The molecule has 0 aliphatic rings. The monoisotopic (exact) mass is 484 g/mol. The van der Waals surface area contributed by atoms with Crippen molar-refractivity contribution >= 4 is 39.1 Å². The second-order valence-electron chi connectivity index (χ2n) is 7.35. The summed E-state index contributed by atoms with van der Waals surface area (Å²) in [7, 11) is -4.02. The van der Waals surface area contributed by atoms with Crippen LogP contribution in [0.2, 0.25) is 0 Å². The number of hydrogen-bond acceptors (Lipinski definition) is 6. The minimum Gasteiger partial charge on any atom is -0.467 e. The minimum atomic E-state index is -4.02. The van der Waals surface area contributed by atoms with E-state index in [0.717, 1.165) is 0 Å². The zero-order valence-electron chi connectivity index (χ0n) is 18.5. The van der Waals surface area contributed by atoms with Crippen molar-refractivity contribution in [1.29, 1.82) is 0 Å². The van der Waals surface area contributed by atoms with Crippen molar-refractivity contribution in [2.75, 3.05) is 10.6 Å². The Kier molecular flexibility index (Phi) is 7.82. The maximum Gasteiger partial charge on any atom is 0.253 e. The van der Waals surface area contributed by atoms with E-state index in [0.29, 0.717) is 11.4 Å². The van der Waals surface area contributed by atoms with Gasteiger partial charge in [0.15, 0.2) is 0 Å². The van der Waals surface area contributed by atoms with Crippen molar-refractivity contribution in [2.45, 2.75) is 31.3 Å². The molecule has 10 nitrogen and oxygen atoms in total. The van der Waals surface area contributed by atoms with Crippen LogP contribution in [0.3, 0.4) is 0 Å². The van der Waals surface area contributed by atoms with Crippen LogP contribution in [0.4, 0.5) is 11.4 Å². The number of hydrogen-bond donors (Lipinski definition) is 4. The Morgan fingerprint density at radius 1 is 0.941 bits per heavy atom. The normalized spacial score (nSPS) is 11.9. The first-order valence-electron chi connectivity index (χ1n) is 10.3. The van der Waals surface area contributed by atoms with Gasteiger partial charge in [0.1, 0.15) is 5.76 Å². The van der Waals surface area contributed by atoms with Gasteiger partial charge in [-0.3, -0.25) is 14.4 Å². The van der Waals surface area contributed by atoms with Crippen molar-refractivity contribution in [1.82, 2.24) is 10.0 Å². The van der Waals surface area contributed by atoms with Crippen molar-refractivity contribution in [2.24, 2.45) is 0 Å². The highest BCUT2D eigenvalue weighted by Crippen LogP contribution is 2.17. The highest BCUT2D eigenvalue weighted by molar-refractivity contribution is 7.89. The van der Waals surface area contributed by atoms with Crippen molar-refractivity contribution < 1.29 is 27.2 Å². The summed E-state index contributed by atoms with van der Waals surface area (Å²) in [5.74, 6) is -0.790. The number of carbonyl (C=O) groups excluding carboxylic acids is 3. The van der Waals surface area contributed by atoms with Gasteiger partial charge in [-0.2, -0.15) is 4.72 Å². The molecule has 4 N–H and O–H groups in total. The van der Waals surface area contributed by atoms with E-state index in [4.69, 9.17) is 4.42 Å². The number of amides is 3. The lowest BCUT2D eigenvalue weighted by Gasteiger charge is -2.16. The van der Waals surface area contributed by atoms with Gasteiger partial charge in [0.25, 0.3) is 5.91 Å². The summed E-state index contributed by atoms with van der Waals surface area (Å²) < 4.78 is 32.8. The van der Waals surface area contributed by atoms with Gasteiger partial charge in [-0.05, 0) is 55.5 Å². The Labute approximate surface area is 196 Å². The molecule has 2 aromatic carbocycles. The van der Waals surface area contributed by atoms with Crippen molar-refractivity contribution in [3.8, 4) is 0 Å². The molecule has 1 atom stereocenters. The number of sulfonamides is 1. The van der Waals surface area contributed by atoms with Crippen LogP contribution in [-0.2, 0) is 26.2 Å². The topological polar surface area (TPSA) is 147 Å². The fourth-order valence-electron chi connectivity index (χ4n) is 2.98. The third kappa shape index (κ3) is 6.53. The zero-order chi connectivity index (χ0) is 24.7. The Morgan fingerprint density at radius 2 is 1.65 bits per heavy atom. The Morgan fingerprint density at radius 3 is 2.29 bits per heavy atom. The molecule has 0 spiro atoms. The van der Waals surface area contributed by atoms with Gasteiger partial charge < -0.3 is 20.4 Å². The molecule has 0 bridgehead atoms. The van der Waals surface area contributed by atoms with E-state index in [-0.39, 0.29) is 28.6 Å². The molecule has 34 heavy (non-hydrogen) atoms. The number of benzene rings is 2. The van der Waals surface area contributed by atoms with Gasteiger partial charge in [-0.1, -0.05) is 12.1 Å². The largest absolute Gasteiger partial charge is 0.467 e. The van der Waals surface area contributed by atoms with Gasteiger partial charge >= 0.3 is 0 Å². The van der Waals surface area contributed by atoms with Crippen LogP contribution in [-0.4, -0.2) is 32.2 Å². The van der Waals surface area contributed by atoms with E-state index in [1.807, 2.05) is 0 Å². The fraction of sp³-hybridized carbons (Fsp3) is 0.174. The molecule has 11 heteroatoms. The standard InChI is InChI=1S/C23H24N4O6S/c1-15(27-34(31,32)19-11-9-17(10-12-19)25-16(2)28)22(29)26-21-8-4-3-7-20(21)23(30)24-14-18-6-5-13-33-18/h3-13,15,27H,14H2,1-2H3,(H,24,30)(H,25,28)(H,26,29)/t15-/m0/s1. The number of furan rings is 1. The molecule has 0 aliphatic carbocycles. The molecule has 3 aromatic rings. The first kappa shape index (κ1) is 24.7. The average Bonchev–Trinajstić information content (AvgIpc) is 3.31. The Bertz CT molecular complexity index is 1270. The highest BCUT2D eigenvalue weighted by Gasteiger charge is 2.23. The molecule has 0 unspecified atom stereocenters. The number of nitrogens with one attached hydrogen (secondary N) is 4. The molecule has 3 rings (SSSR count). The van der Waals surface area contributed by atoms with Gasteiger partial charge in [0.2, 0.25) is 21.8 Å². The van der Waals surface area contributed by atoms with Crippen LogP contribution >= 0.6 is 0 Å². The van der Waals surface area contributed by atoms with E-state index in [1.165, 1.54) is 44.4 Å². The SMILES string of the molecule is CC(=O)Nc1ccc(S(=O)(=O)N[C@@H](C)C(=O)Nc2ccccc2C(=O)NCc2ccco2)cc1. The number of carbonyl (C=O) groups is 3. The van der Waals surface area contributed by atoms with Crippen LogP contribution in [0, 0.1) is 0 Å². The van der Waals surface area contributed by atoms with E-state index in [2.05, 4.69) is 20.7 Å². The van der Waals surface area contributed by atoms with Crippen molar-refractivity contribution in [3.63, 3.8) is 0 Å². The number of rotatable bonds is 9. The molecule has 0 saturated heterocycles. The predicted molar refractivity (Wildman–Crippen MR) is 125 cm³/mol. The van der Waals surface area contributed by atoms with E-state index >= 15 is 0 Å². The molecular weight excluding hydrogens is 460 g/mol. The lowest BCUT2D eigenvalue weighted by molar-refractivity contribution is -0.117. The van der Waals surface area contributed by atoms with Gasteiger partial charge in [-0.25, -0.2) is 8.42 Å². The fourth-order valence-corrected chi connectivity index (χ4v) is 4.18. The first-order valence-corrected chi connectivity index (χ1v) is 11.7. The quantitative estimate of drug-likeness (QED) is 0.367. The molecule has 178 valence electrons. The summed E-state index contributed by atoms with van der Waals surface area (Å²) in [6.07, 6.45) is 1.50. The lowest BCUT2D eigenvalue weighted by atomic mass is 10.1. The van der Waals surface area contributed by atoms with Gasteiger partial charge in [0, 0.05) is 12.6 Å². The molecule has 1 heterocycles. The minimum absolute atomic E-state index is 0.0704. The van der Waals surface area contributed by atoms with Crippen LogP contribution < -0.4 is 20.7 Å². The Hall–Kier alpha value is -3.96. The number of para-hydroxylation sites is 1. The summed E-state index contributed by atoms with van der Waals surface area (Å²) in [5, 5.41) is 7.83. The summed E-state index contributed by atoms with van der Waals surface area (Å²) >= 11 is 0. The third-order valence-electron chi connectivity index (χ3n) is 4.64. The second-order valence-corrected chi connectivity index (χ2v) is 9.06.